The number of rotatable bonds is 4. The highest BCUT2D eigenvalue weighted by atomic mass is 32.2. The summed E-state index contributed by atoms with van der Waals surface area (Å²) >= 11 is 1.13. The molecule has 0 aromatic carbocycles. The van der Waals surface area contributed by atoms with Crippen LogP contribution in [0.2, 0.25) is 0 Å². The van der Waals surface area contributed by atoms with Crippen LogP contribution in [0.1, 0.15) is 34.6 Å². The van der Waals surface area contributed by atoms with E-state index in [0.717, 1.165) is 24.2 Å². The Morgan fingerprint density at radius 3 is 2.95 bits per heavy atom. The minimum Gasteiger partial charge on any atom is -0.377 e. The summed E-state index contributed by atoms with van der Waals surface area (Å²) in [5.74, 6) is -0.785. The van der Waals surface area contributed by atoms with Crippen LogP contribution < -0.4 is 4.72 Å². The lowest BCUT2D eigenvalue weighted by molar-refractivity contribution is 0.0304. The number of nitrogens with zero attached hydrogens (tertiary/aromatic N) is 1. The van der Waals surface area contributed by atoms with Crippen LogP contribution in [0.15, 0.2) is 5.51 Å². The number of thiazole rings is 1. The minimum absolute atomic E-state index is 0.170. The summed E-state index contributed by atoms with van der Waals surface area (Å²) in [5, 5.41) is 0. The number of hydrogen-bond acceptors (Lipinski definition) is 6. The lowest BCUT2D eigenvalue weighted by Crippen LogP contribution is -2.38. The van der Waals surface area contributed by atoms with E-state index in [1.165, 1.54) is 5.51 Å². The van der Waals surface area contributed by atoms with Crippen LogP contribution in [-0.2, 0) is 14.8 Å². The van der Waals surface area contributed by atoms with Crippen LogP contribution in [0.5, 0.6) is 0 Å². The van der Waals surface area contributed by atoms with E-state index >= 15 is 0 Å². The molecule has 1 aromatic heterocycles. The van der Waals surface area contributed by atoms with Crippen molar-refractivity contribution in [2.24, 2.45) is 0 Å². The van der Waals surface area contributed by atoms with Crippen molar-refractivity contribution in [2.75, 3.05) is 12.4 Å². The zero-order valence-corrected chi connectivity index (χ0v) is 12.2. The van der Waals surface area contributed by atoms with Gasteiger partial charge >= 0.3 is 0 Å². The lowest BCUT2D eigenvalue weighted by Gasteiger charge is -2.22. The van der Waals surface area contributed by atoms with E-state index in [9.17, 15) is 13.2 Å². The maximum atomic E-state index is 11.9. The van der Waals surface area contributed by atoms with Gasteiger partial charge in [0.25, 0.3) is 5.91 Å². The summed E-state index contributed by atoms with van der Waals surface area (Å²) in [6.07, 6.45) is 2.32. The van der Waals surface area contributed by atoms with Gasteiger partial charge in [-0.3, -0.25) is 4.79 Å². The Labute approximate surface area is 116 Å². The number of carbonyl (C=O) groups is 1. The van der Waals surface area contributed by atoms with Gasteiger partial charge in [-0.1, -0.05) is 0 Å². The summed E-state index contributed by atoms with van der Waals surface area (Å²) in [5.41, 5.74) is 2.05. The molecule has 1 aliphatic rings. The number of hydrogen-bond donors (Lipinski definition) is 1. The maximum Gasteiger partial charge on any atom is 0.276 e. The van der Waals surface area contributed by atoms with E-state index in [1.54, 1.807) is 6.92 Å². The Kier molecular flexibility index (Phi) is 4.54. The van der Waals surface area contributed by atoms with Crippen LogP contribution in [0.3, 0.4) is 0 Å². The first-order chi connectivity index (χ1) is 8.98. The predicted molar refractivity (Wildman–Crippen MR) is 71.7 cm³/mol. The van der Waals surface area contributed by atoms with Gasteiger partial charge in [0, 0.05) is 6.61 Å². The zero-order valence-electron chi connectivity index (χ0n) is 10.6. The van der Waals surface area contributed by atoms with Gasteiger partial charge in [-0.05, 0) is 26.2 Å². The molecule has 1 aliphatic heterocycles. The van der Waals surface area contributed by atoms with Gasteiger partial charge in [-0.25, -0.2) is 18.1 Å². The Hall–Kier alpha value is -0.990. The smallest absolute Gasteiger partial charge is 0.276 e. The van der Waals surface area contributed by atoms with Crippen LogP contribution >= 0.6 is 11.3 Å². The molecule has 106 valence electrons. The molecule has 1 amide bonds. The largest absolute Gasteiger partial charge is 0.377 e. The van der Waals surface area contributed by atoms with Gasteiger partial charge < -0.3 is 4.74 Å². The number of nitrogens with one attached hydrogen (secondary N) is 1. The lowest BCUT2D eigenvalue weighted by atomic mass is 10.1. The molecule has 1 saturated heterocycles. The van der Waals surface area contributed by atoms with Crippen LogP contribution in [-0.4, -0.2) is 37.8 Å². The monoisotopic (exact) mass is 304 g/mol. The molecule has 6 nitrogen and oxygen atoms in total. The molecule has 1 aromatic rings. The quantitative estimate of drug-likeness (QED) is 0.899. The van der Waals surface area contributed by atoms with Crippen LogP contribution in [0.4, 0.5) is 0 Å². The number of carbonyl (C=O) groups excluding carboxylic acids is 1. The highest BCUT2D eigenvalue weighted by molar-refractivity contribution is 7.90. The van der Waals surface area contributed by atoms with E-state index in [4.69, 9.17) is 4.74 Å². The first kappa shape index (κ1) is 14.4. The second kappa shape index (κ2) is 5.98. The molecule has 2 heterocycles. The average molecular weight is 304 g/mol. The molecule has 19 heavy (non-hydrogen) atoms. The number of amides is 1. The first-order valence-corrected chi connectivity index (χ1v) is 8.57. The fourth-order valence-electron chi connectivity index (χ4n) is 1.93. The molecule has 0 bridgehead atoms. The summed E-state index contributed by atoms with van der Waals surface area (Å²) in [4.78, 5) is 16.1. The number of aromatic nitrogens is 1. The number of ether oxygens (including phenoxy) is 1. The Morgan fingerprint density at radius 1 is 1.58 bits per heavy atom. The summed E-state index contributed by atoms with van der Waals surface area (Å²) in [6.45, 7) is 2.25. The normalized spacial score (nSPS) is 20.2. The van der Waals surface area contributed by atoms with Crippen LogP contribution in [0, 0.1) is 6.92 Å². The minimum atomic E-state index is -3.67. The van der Waals surface area contributed by atoms with Gasteiger partial charge in [0.15, 0.2) is 0 Å². The van der Waals surface area contributed by atoms with Crippen molar-refractivity contribution in [3.63, 3.8) is 0 Å². The summed E-state index contributed by atoms with van der Waals surface area (Å²) < 4.78 is 31.2. The second-order valence-corrected chi connectivity index (χ2v) is 7.09. The molecule has 0 spiro atoms. The molecule has 1 N–H and O–H groups in total. The van der Waals surface area contributed by atoms with E-state index in [2.05, 4.69) is 9.71 Å². The summed E-state index contributed by atoms with van der Waals surface area (Å²) in [7, 11) is -3.67. The van der Waals surface area contributed by atoms with Crippen molar-refractivity contribution >= 4 is 27.3 Å². The molecule has 2 rings (SSSR count). The Balaban J connectivity index is 1.97. The van der Waals surface area contributed by atoms with Gasteiger partial charge in [0.1, 0.15) is 4.88 Å². The Morgan fingerprint density at radius 2 is 2.37 bits per heavy atom. The first-order valence-electron chi connectivity index (χ1n) is 6.04. The molecule has 0 aliphatic carbocycles. The standard InChI is InChI=1S/C11H16N2O4S2/c1-8-10(18-7-12-8)11(14)13-19(15,16)6-9-4-2-3-5-17-9/h7,9H,2-6H2,1H3,(H,13,14)/t9-/m0/s1. The topological polar surface area (TPSA) is 85.4 Å². The molecular formula is C11H16N2O4S2. The molecular weight excluding hydrogens is 288 g/mol. The van der Waals surface area contributed by atoms with Gasteiger partial charge in [0.2, 0.25) is 10.0 Å². The van der Waals surface area contributed by atoms with Gasteiger partial charge in [-0.15, -0.1) is 11.3 Å². The van der Waals surface area contributed by atoms with Gasteiger partial charge in [-0.2, -0.15) is 0 Å². The van der Waals surface area contributed by atoms with Crippen molar-refractivity contribution in [2.45, 2.75) is 32.3 Å². The van der Waals surface area contributed by atoms with Crippen molar-refractivity contribution < 1.29 is 17.9 Å². The van der Waals surface area contributed by atoms with Crippen molar-refractivity contribution in [3.8, 4) is 0 Å². The molecule has 0 radical (unpaired) electrons. The highest BCUT2D eigenvalue weighted by Gasteiger charge is 2.25. The SMILES string of the molecule is Cc1ncsc1C(=O)NS(=O)(=O)C[C@@H]1CCCCO1. The highest BCUT2D eigenvalue weighted by Crippen LogP contribution is 2.15. The summed E-state index contributed by atoms with van der Waals surface area (Å²) in [6, 6.07) is 0. The fourth-order valence-corrected chi connectivity index (χ4v) is 3.92. The molecule has 8 heteroatoms. The van der Waals surface area contributed by atoms with E-state index in [0.29, 0.717) is 23.6 Å². The van der Waals surface area contributed by atoms with E-state index in [1.807, 2.05) is 0 Å². The third kappa shape index (κ3) is 3.99. The second-order valence-electron chi connectivity index (χ2n) is 4.47. The van der Waals surface area contributed by atoms with Crippen molar-refractivity contribution in [3.05, 3.63) is 16.1 Å². The van der Waals surface area contributed by atoms with E-state index < -0.39 is 15.9 Å². The maximum absolute atomic E-state index is 11.9. The average Bonchev–Trinajstić information content (AvgIpc) is 2.75. The molecule has 0 unspecified atom stereocenters. The third-order valence-corrected chi connectivity index (χ3v) is 5.11. The number of sulfonamides is 1. The van der Waals surface area contributed by atoms with Crippen molar-refractivity contribution in [1.82, 2.24) is 9.71 Å². The van der Waals surface area contributed by atoms with Gasteiger partial charge in [0.05, 0.1) is 23.1 Å². The predicted octanol–water partition coefficient (Wildman–Crippen LogP) is 1.08. The Bertz CT molecular complexity index is 547. The number of aryl methyl sites for hydroxylation is 1. The fraction of sp³-hybridized carbons (Fsp3) is 0.636. The molecule has 1 fully saturated rings. The molecule has 0 saturated carbocycles. The molecule has 1 atom stereocenters. The van der Waals surface area contributed by atoms with Crippen molar-refractivity contribution in [1.29, 1.82) is 0 Å². The third-order valence-electron chi connectivity index (χ3n) is 2.88. The van der Waals surface area contributed by atoms with Crippen LogP contribution in [0.25, 0.3) is 0 Å². The zero-order chi connectivity index (χ0) is 13.9. The van der Waals surface area contributed by atoms with E-state index in [-0.39, 0.29) is 11.9 Å².